The van der Waals surface area contributed by atoms with Crippen LogP contribution in [0.3, 0.4) is 0 Å². The predicted molar refractivity (Wildman–Crippen MR) is 490 cm³/mol. The number of likely N-dealkylation sites (tertiary alicyclic amines) is 1. The number of hydrogen-bond acceptors (Lipinski definition) is 19. The Kier molecular flexibility index (Phi) is 43.7. The van der Waals surface area contributed by atoms with E-state index in [1.807, 2.05) is 0 Å². The van der Waals surface area contributed by atoms with Gasteiger partial charge in [-0.15, -0.1) is 0 Å². The van der Waals surface area contributed by atoms with Crippen LogP contribution in [0.25, 0.3) is 10.9 Å². The van der Waals surface area contributed by atoms with Gasteiger partial charge in [-0.2, -0.15) is 0 Å². The molecule has 1 aliphatic heterocycles. The Morgan fingerprint density at radius 2 is 0.841 bits per heavy atom. The Bertz CT molecular complexity index is 4770. The first kappa shape index (κ1) is 107. The molecular formula is C93H133N19O20. The van der Waals surface area contributed by atoms with Gasteiger partial charge in [0, 0.05) is 68.7 Å². The van der Waals surface area contributed by atoms with Crippen LogP contribution in [0.2, 0.25) is 0 Å². The van der Waals surface area contributed by atoms with Crippen LogP contribution in [-0.2, 0) is 107 Å². The molecule has 132 heavy (non-hydrogen) atoms. The molecule has 14 amide bonds. The predicted octanol–water partition coefficient (Wildman–Crippen LogP) is 1.63. The number of nitrogens with zero attached hydrogens (tertiary/aromatic N) is 1. The third kappa shape index (κ3) is 35.2. The smallest absolute Gasteiger partial charge is 0.326 e. The van der Waals surface area contributed by atoms with Gasteiger partial charge in [0.1, 0.15) is 78.5 Å². The van der Waals surface area contributed by atoms with Gasteiger partial charge >= 0.3 is 17.9 Å². The van der Waals surface area contributed by atoms with Gasteiger partial charge in [0.15, 0.2) is 5.96 Å². The lowest BCUT2D eigenvalue weighted by molar-refractivity contribution is -0.144. The number of benzene rings is 4. The van der Waals surface area contributed by atoms with Gasteiger partial charge in [0.25, 0.3) is 0 Å². The van der Waals surface area contributed by atoms with Gasteiger partial charge in [-0.1, -0.05) is 191 Å². The average molecular weight is 1840 g/mol. The summed E-state index contributed by atoms with van der Waals surface area (Å²) < 4.78 is 0. The summed E-state index contributed by atoms with van der Waals surface area (Å²) in [4.78, 5) is 244. The number of nitrogens with two attached hydrogens (primary N) is 2. The van der Waals surface area contributed by atoms with Gasteiger partial charge < -0.3 is 111 Å². The molecule has 5 aromatic rings. The summed E-state index contributed by atoms with van der Waals surface area (Å²) in [5.41, 5.74) is 14.3. The van der Waals surface area contributed by atoms with E-state index in [0.29, 0.717) is 46.0 Å². The molecule has 0 aliphatic carbocycles. The number of carboxylic acid groups (broad SMARTS) is 3. The van der Waals surface area contributed by atoms with Crippen LogP contribution in [0.1, 0.15) is 175 Å². The Morgan fingerprint density at radius 1 is 0.439 bits per heavy atom. The van der Waals surface area contributed by atoms with Crippen LogP contribution >= 0.6 is 0 Å². The average Bonchev–Trinajstić information content (AvgIpc) is 1.63. The van der Waals surface area contributed by atoms with E-state index in [2.05, 4.69) is 79.4 Å². The highest BCUT2D eigenvalue weighted by Crippen LogP contribution is 2.24. The summed E-state index contributed by atoms with van der Waals surface area (Å²) in [7, 11) is 0. The van der Waals surface area contributed by atoms with Crippen molar-refractivity contribution < 1.29 is 96.8 Å². The number of nitrogens with one attached hydrogen (secondary N) is 16. The minimum atomic E-state index is -1.68. The zero-order valence-corrected chi connectivity index (χ0v) is 76.8. The second-order valence-corrected chi connectivity index (χ2v) is 34.9. The van der Waals surface area contributed by atoms with E-state index in [0.717, 1.165) is 0 Å². The molecule has 720 valence electrons. The largest absolute Gasteiger partial charge is 0.481 e. The van der Waals surface area contributed by atoms with E-state index in [9.17, 15) is 77.6 Å². The van der Waals surface area contributed by atoms with Crippen LogP contribution in [-0.4, -0.2) is 236 Å². The minimum Gasteiger partial charge on any atom is -0.481 e. The first-order valence-electron chi connectivity index (χ1n) is 45.0. The van der Waals surface area contributed by atoms with Crippen molar-refractivity contribution in [1.29, 1.82) is 5.41 Å². The monoisotopic (exact) mass is 1840 g/mol. The summed E-state index contributed by atoms with van der Waals surface area (Å²) >= 11 is 0. The number of aromatic amines is 1. The van der Waals surface area contributed by atoms with Crippen molar-refractivity contribution in [3.05, 3.63) is 144 Å². The maximum absolute atomic E-state index is 15.3. The molecule has 1 aliphatic rings. The molecular weight excluding hydrogens is 1700 g/mol. The fourth-order valence-corrected chi connectivity index (χ4v) is 15.1. The maximum Gasteiger partial charge on any atom is 0.326 e. The lowest BCUT2D eigenvalue weighted by atomic mass is 9.95. The highest BCUT2D eigenvalue weighted by Gasteiger charge is 2.43. The number of fused-ring (bicyclic) bond motifs is 1. The number of amides is 14. The van der Waals surface area contributed by atoms with E-state index >= 15 is 19.2 Å². The van der Waals surface area contributed by atoms with E-state index in [1.165, 1.54) is 11.8 Å². The summed E-state index contributed by atoms with van der Waals surface area (Å²) in [5.74, 6) is -18.9. The Balaban J connectivity index is 1.21. The molecule has 0 saturated carbocycles. The third-order valence-electron chi connectivity index (χ3n) is 22.8. The van der Waals surface area contributed by atoms with Gasteiger partial charge in [-0.25, -0.2) is 4.79 Å². The number of carboxylic acids is 3. The van der Waals surface area contributed by atoms with E-state index in [-0.39, 0.29) is 102 Å². The normalized spacial score (nSPS) is 15.8. The molecule has 0 radical (unpaired) electrons. The molecule has 39 nitrogen and oxygen atoms in total. The summed E-state index contributed by atoms with van der Waals surface area (Å²) in [6.07, 6.45) is -0.0866. The van der Waals surface area contributed by atoms with Gasteiger partial charge in [0.2, 0.25) is 82.7 Å². The highest BCUT2D eigenvalue weighted by molar-refractivity contribution is 6.01. The van der Waals surface area contributed by atoms with Crippen LogP contribution < -0.4 is 85.9 Å². The van der Waals surface area contributed by atoms with Crippen molar-refractivity contribution in [1.82, 2.24) is 84.3 Å². The topological polar surface area (TPSA) is 614 Å². The van der Waals surface area contributed by atoms with Gasteiger partial charge in [-0.3, -0.25) is 82.1 Å². The second-order valence-electron chi connectivity index (χ2n) is 34.9. The molecule has 0 bridgehead atoms. The molecule has 6 rings (SSSR count). The maximum atomic E-state index is 15.3. The van der Waals surface area contributed by atoms with E-state index in [1.54, 1.807) is 191 Å². The lowest BCUT2D eigenvalue weighted by Crippen LogP contribution is -2.62. The number of rotatable bonds is 55. The number of H-pyrrole nitrogens is 1. The molecule has 1 fully saturated rings. The Labute approximate surface area is 768 Å². The van der Waals surface area contributed by atoms with E-state index in [4.69, 9.17) is 16.9 Å². The second kappa shape index (κ2) is 53.7. The van der Waals surface area contributed by atoms with Crippen molar-refractivity contribution in [2.24, 2.45) is 41.1 Å². The Morgan fingerprint density at radius 3 is 1.33 bits per heavy atom. The third-order valence-corrected chi connectivity index (χ3v) is 22.8. The number of carbonyl (C=O) groups is 17. The molecule has 0 unspecified atom stereocenters. The standard InChI is InChI=1S/C93H133N19O20/c1-12-54(9)77(110-85(124)67(44-52(5)6)104-83(122)65(38-40-75(116)117)102-84(123)66(43-51(3)4)100-73(113)50-99-80(119)70(48-60-49-98-62-34-24-23-33-61(60)62)106-82(121)64(37-39-74(114)115)101-79(118)56(11)94)90(129)107-69(46-58-29-19-15-20-30-58)86(125)109-76(53(7)8)89(128)108-71(47-59-31-21-16-22-32-59)91(130)112-42-26-36-72(112)88(127)103-63(35-25-41-97-93(95)96)81(120)105-68(45-57-27-17-14-18-28-57)87(126)111-78(92(131)132)55(10)13-2/h14-24,27-34,49,51-56,63-72,76-78,98H,12-13,25-26,35-48,50,94H2,1-11H3,(H,99,119)(H,100,113)(H,101,118)(H,102,123)(H,103,127)(H,104,122)(H,105,120)(H,106,121)(H,107,129)(H,108,128)(H,109,125)(H,110,124)(H,111,126)(H,114,115)(H,116,117)(H,131,132)(H4,95,96,97)/t54-,55-,56-,63-,64-,65-,66-,67-,68-,69-,70-,71-,72-,76-,77-,78-/m0/s1. The van der Waals surface area contributed by atoms with Crippen LogP contribution in [0.4, 0.5) is 0 Å². The summed E-state index contributed by atoms with van der Waals surface area (Å²) in [6, 6.07) is 13.4. The zero-order chi connectivity index (χ0) is 97.6. The first-order valence-corrected chi connectivity index (χ1v) is 45.0. The molecule has 16 atom stereocenters. The molecule has 1 saturated heterocycles. The number of hydrogen-bond donors (Lipinski definition) is 21. The molecule has 39 heteroatoms. The molecule has 23 N–H and O–H groups in total. The molecule has 2 heterocycles. The highest BCUT2D eigenvalue weighted by atomic mass is 16.4. The lowest BCUT2D eigenvalue weighted by Gasteiger charge is -2.32. The molecule has 1 aromatic heterocycles. The number of aliphatic carboxylic acids is 3. The van der Waals surface area contributed by atoms with Crippen molar-refractivity contribution >= 4 is 117 Å². The van der Waals surface area contributed by atoms with Crippen LogP contribution in [0.5, 0.6) is 0 Å². The van der Waals surface area contributed by atoms with Crippen molar-refractivity contribution in [3.8, 4) is 0 Å². The summed E-state index contributed by atoms with van der Waals surface area (Å²) in [5, 5.41) is 75.2. The van der Waals surface area contributed by atoms with Crippen molar-refractivity contribution in [3.63, 3.8) is 0 Å². The van der Waals surface area contributed by atoms with Gasteiger partial charge in [0.05, 0.1) is 12.6 Å². The van der Waals surface area contributed by atoms with Crippen LogP contribution in [0.15, 0.2) is 121 Å². The summed E-state index contributed by atoms with van der Waals surface area (Å²) in [6.45, 7) is 17.7. The Hall–Kier alpha value is -13.4. The first-order chi connectivity index (χ1) is 62.6. The number of aromatic nitrogens is 1. The van der Waals surface area contributed by atoms with E-state index < -0.39 is 229 Å². The molecule has 4 aromatic carbocycles. The fraction of sp³-hybridized carbons (Fsp3) is 0.527. The number of carbonyl (C=O) groups excluding carboxylic acids is 14. The van der Waals surface area contributed by atoms with Gasteiger partial charge in [-0.05, 0) is 116 Å². The zero-order valence-electron chi connectivity index (χ0n) is 76.8. The SMILES string of the molecule is CC[C@H](C)[C@H](NC(=O)[C@H](Cc1ccccc1)NC(=O)[C@H](CCCNC(=N)N)NC(=O)[C@@H]1CCCN1C(=O)[C@H](Cc1ccccc1)NC(=O)[C@@H](NC(=O)[C@H](Cc1ccccc1)NC(=O)[C@@H](NC(=O)[C@H](CC(C)C)NC(=O)[C@H](CCC(=O)O)NC(=O)[C@H](CC(C)C)NC(=O)CNC(=O)[C@H](Cc1c[nH]c2ccccc12)NC(=O)[C@H](CCC(=O)O)NC(=O)[C@H](C)N)[C@@H](C)CC)C(C)C)C(=O)O. The van der Waals surface area contributed by atoms with Crippen molar-refractivity contribution in [2.45, 2.75) is 263 Å². The van der Waals surface area contributed by atoms with Crippen LogP contribution in [0, 0.1) is 35.0 Å². The number of guanidine groups is 1. The molecule has 0 spiro atoms. The van der Waals surface area contributed by atoms with Crippen molar-refractivity contribution in [2.75, 3.05) is 19.6 Å². The quantitative estimate of drug-likeness (QED) is 0.0149. The minimum absolute atomic E-state index is 0.0244. The number of para-hydroxylation sites is 1. The fourth-order valence-electron chi connectivity index (χ4n) is 15.1.